The first-order valence-corrected chi connectivity index (χ1v) is 19.7. The molecule has 0 unspecified atom stereocenters. The minimum Gasteiger partial charge on any atom is -0.309 e. The molecule has 1 aliphatic rings. The summed E-state index contributed by atoms with van der Waals surface area (Å²) in [6, 6.07) is 70.0. The summed E-state index contributed by atoms with van der Waals surface area (Å²) in [5, 5.41) is 13.1. The zero-order valence-electron chi connectivity index (χ0n) is 31.3. The largest absolute Gasteiger partial charge is 0.309 e. The fraction of sp³-hybridized carbons (Fsp3) is 0.0545. The molecule has 12 rings (SSSR count). The van der Waals surface area contributed by atoms with Gasteiger partial charge < -0.3 is 4.57 Å². The lowest BCUT2D eigenvalue weighted by atomic mass is 9.79. The molecule has 0 bridgehead atoms. The number of aromatic nitrogens is 1. The summed E-state index contributed by atoms with van der Waals surface area (Å²) in [5.41, 5.74) is 13.9. The van der Waals surface area contributed by atoms with Crippen molar-refractivity contribution in [3.63, 3.8) is 0 Å². The van der Waals surface area contributed by atoms with Crippen LogP contribution < -0.4 is 0 Å². The number of benzene rings is 10. The molecular formula is C55H37N. The number of hydrogen-bond acceptors (Lipinski definition) is 0. The van der Waals surface area contributed by atoms with Crippen molar-refractivity contribution in [3.8, 4) is 39.1 Å². The van der Waals surface area contributed by atoms with Gasteiger partial charge in [-0.1, -0.05) is 147 Å². The first-order chi connectivity index (χ1) is 27.5. The van der Waals surface area contributed by atoms with Gasteiger partial charge in [-0.3, -0.25) is 0 Å². The predicted octanol–water partition coefficient (Wildman–Crippen LogP) is 15.0. The normalized spacial score (nSPS) is 13.3. The lowest BCUT2D eigenvalue weighted by Gasteiger charge is -2.23. The summed E-state index contributed by atoms with van der Waals surface area (Å²) in [6.07, 6.45) is 0. The number of para-hydroxylation sites is 2. The summed E-state index contributed by atoms with van der Waals surface area (Å²) >= 11 is 0. The maximum Gasteiger partial charge on any atom is 0.0541 e. The molecule has 1 heteroatoms. The minimum absolute atomic E-state index is 0.181. The van der Waals surface area contributed by atoms with E-state index in [4.69, 9.17) is 0 Å². The van der Waals surface area contributed by atoms with Crippen molar-refractivity contribution in [1.82, 2.24) is 4.57 Å². The Labute approximate surface area is 325 Å². The van der Waals surface area contributed by atoms with Crippen molar-refractivity contribution in [1.29, 1.82) is 0 Å². The number of fused-ring (bicyclic) bond motifs is 14. The fourth-order valence-corrected chi connectivity index (χ4v) is 10.1. The van der Waals surface area contributed by atoms with Crippen molar-refractivity contribution >= 4 is 64.9 Å². The molecule has 0 fully saturated rings. The third kappa shape index (κ3) is 4.31. The van der Waals surface area contributed by atoms with E-state index >= 15 is 0 Å². The van der Waals surface area contributed by atoms with Crippen molar-refractivity contribution in [3.05, 3.63) is 199 Å². The molecule has 11 aromatic rings. The molecule has 0 aliphatic heterocycles. The second-order valence-electron chi connectivity index (χ2n) is 16.1. The highest BCUT2D eigenvalue weighted by atomic mass is 15.0. The van der Waals surface area contributed by atoms with Crippen LogP contribution in [0.4, 0.5) is 0 Å². The van der Waals surface area contributed by atoms with Crippen LogP contribution in [0.25, 0.3) is 104 Å². The van der Waals surface area contributed by atoms with Crippen LogP contribution in [0, 0.1) is 0 Å². The van der Waals surface area contributed by atoms with Gasteiger partial charge in [0, 0.05) is 21.9 Å². The Hall–Kier alpha value is -6.96. The van der Waals surface area contributed by atoms with Crippen LogP contribution in [0.15, 0.2) is 188 Å². The Bertz CT molecular complexity index is 3430. The second-order valence-corrected chi connectivity index (χ2v) is 16.1. The molecule has 56 heavy (non-hydrogen) atoms. The molecule has 10 aromatic carbocycles. The van der Waals surface area contributed by atoms with E-state index < -0.39 is 0 Å². The number of rotatable bonds is 3. The first kappa shape index (κ1) is 31.4. The van der Waals surface area contributed by atoms with Crippen LogP contribution in [0.3, 0.4) is 0 Å². The van der Waals surface area contributed by atoms with Gasteiger partial charge in [0.05, 0.1) is 11.0 Å². The minimum atomic E-state index is -0.181. The van der Waals surface area contributed by atoms with Crippen LogP contribution in [0.2, 0.25) is 0 Å². The molecular weight excluding hydrogens is 675 g/mol. The van der Waals surface area contributed by atoms with E-state index in [9.17, 15) is 0 Å². The summed E-state index contributed by atoms with van der Waals surface area (Å²) < 4.78 is 2.38. The van der Waals surface area contributed by atoms with Crippen molar-refractivity contribution < 1.29 is 0 Å². The third-order valence-corrected chi connectivity index (χ3v) is 12.7. The Morgan fingerprint density at radius 1 is 0.321 bits per heavy atom. The predicted molar refractivity (Wildman–Crippen MR) is 239 cm³/mol. The van der Waals surface area contributed by atoms with Crippen molar-refractivity contribution in [2.24, 2.45) is 0 Å². The van der Waals surface area contributed by atoms with Gasteiger partial charge in [0.1, 0.15) is 0 Å². The average Bonchev–Trinajstić information content (AvgIpc) is 3.70. The molecule has 0 saturated carbocycles. The van der Waals surface area contributed by atoms with E-state index in [1.165, 1.54) is 115 Å². The van der Waals surface area contributed by atoms with E-state index in [1.807, 2.05) is 0 Å². The van der Waals surface area contributed by atoms with E-state index in [-0.39, 0.29) is 5.41 Å². The molecule has 0 spiro atoms. The molecule has 0 saturated heterocycles. The Balaban J connectivity index is 1.05. The van der Waals surface area contributed by atoms with Gasteiger partial charge in [0.25, 0.3) is 0 Å². The Morgan fingerprint density at radius 3 is 1.61 bits per heavy atom. The van der Waals surface area contributed by atoms with E-state index in [1.54, 1.807) is 0 Å². The lowest BCUT2D eigenvalue weighted by molar-refractivity contribution is 0.662. The summed E-state index contributed by atoms with van der Waals surface area (Å²) in [7, 11) is 0. The third-order valence-electron chi connectivity index (χ3n) is 12.7. The summed E-state index contributed by atoms with van der Waals surface area (Å²) in [5.74, 6) is 0. The topological polar surface area (TPSA) is 4.93 Å². The highest BCUT2D eigenvalue weighted by Gasteiger charge is 2.38. The highest BCUT2D eigenvalue weighted by Crippen LogP contribution is 2.55. The van der Waals surface area contributed by atoms with Gasteiger partial charge in [-0.2, -0.15) is 0 Å². The van der Waals surface area contributed by atoms with Gasteiger partial charge in [-0.25, -0.2) is 0 Å². The van der Waals surface area contributed by atoms with Gasteiger partial charge in [-0.05, 0) is 142 Å². The van der Waals surface area contributed by atoms with Crippen molar-refractivity contribution in [2.75, 3.05) is 0 Å². The average molecular weight is 712 g/mol. The van der Waals surface area contributed by atoms with E-state index in [2.05, 4.69) is 206 Å². The lowest BCUT2D eigenvalue weighted by Crippen LogP contribution is -2.15. The zero-order valence-corrected chi connectivity index (χ0v) is 31.3. The van der Waals surface area contributed by atoms with E-state index in [0.717, 1.165) is 0 Å². The van der Waals surface area contributed by atoms with Crippen LogP contribution in [0.5, 0.6) is 0 Å². The Morgan fingerprint density at radius 2 is 0.875 bits per heavy atom. The number of hydrogen-bond donors (Lipinski definition) is 0. The molecule has 0 atom stereocenters. The summed E-state index contributed by atoms with van der Waals surface area (Å²) in [4.78, 5) is 0. The molecule has 0 radical (unpaired) electrons. The molecule has 1 nitrogen and oxygen atoms in total. The zero-order chi connectivity index (χ0) is 37.1. The van der Waals surface area contributed by atoms with Gasteiger partial charge in [0.15, 0.2) is 0 Å². The van der Waals surface area contributed by atoms with Crippen molar-refractivity contribution in [2.45, 2.75) is 19.3 Å². The SMILES string of the molecule is CC1(C)c2cc3c4ccccc4c4ccccc4c3cc2-c2c1cc(-c1cccc(-c3ccc4c(c3)c3ccccc3n4-c3ccccc3)c1)c1ccccc21. The molecule has 1 heterocycles. The standard InChI is InChI=1S/C55H37N/c1-55(2)50-33-47-41-22-9-7-20-39(41)38-19-6-8-21-40(38)46(47)31-49(50)54-44-25-11-10-23-42(44)45(32-51(54)55)36-16-14-15-34(29-36)35-27-28-53-48(30-35)43-24-12-13-26-52(43)56(53)37-17-4-3-5-18-37/h3-33H,1-2H3. The second kappa shape index (κ2) is 11.5. The Kier molecular flexibility index (Phi) is 6.46. The fourth-order valence-electron chi connectivity index (χ4n) is 10.1. The quantitative estimate of drug-likeness (QED) is 0.161. The highest BCUT2D eigenvalue weighted by molar-refractivity contribution is 6.26. The molecule has 262 valence electrons. The van der Waals surface area contributed by atoms with Crippen LogP contribution >= 0.6 is 0 Å². The molecule has 0 amide bonds. The van der Waals surface area contributed by atoms with Gasteiger partial charge >= 0.3 is 0 Å². The van der Waals surface area contributed by atoms with Crippen LogP contribution in [-0.2, 0) is 5.41 Å². The summed E-state index contributed by atoms with van der Waals surface area (Å²) in [6.45, 7) is 4.84. The van der Waals surface area contributed by atoms with Gasteiger partial charge in [-0.15, -0.1) is 0 Å². The van der Waals surface area contributed by atoms with Gasteiger partial charge in [0.2, 0.25) is 0 Å². The van der Waals surface area contributed by atoms with E-state index in [0.29, 0.717) is 0 Å². The first-order valence-electron chi connectivity index (χ1n) is 19.7. The maximum absolute atomic E-state index is 2.51. The van der Waals surface area contributed by atoms with Crippen LogP contribution in [0.1, 0.15) is 25.0 Å². The van der Waals surface area contributed by atoms with Crippen LogP contribution in [-0.4, -0.2) is 4.57 Å². The number of nitrogens with zero attached hydrogens (tertiary/aromatic N) is 1. The monoisotopic (exact) mass is 711 g/mol. The molecule has 1 aliphatic carbocycles. The maximum atomic E-state index is 2.51. The molecule has 0 N–H and O–H groups in total. The smallest absolute Gasteiger partial charge is 0.0541 e. The molecule has 1 aromatic heterocycles.